The van der Waals surface area contributed by atoms with Gasteiger partial charge in [0.2, 0.25) is 11.8 Å². The van der Waals surface area contributed by atoms with Crippen molar-refractivity contribution in [1.29, 1.82) is 5.41 Å². The summed E-state index contributed by atoms with van der Waals surface area (Å²) in [7, 11) is 1.64. The molecule has 1 aromatic carbocycles. The molecular formula is C37H50N10O3. The van der Waals surface area contributed by atoms with Gasteiger partial charge < -0.3 is 36.7 Å². The summed E-state index contributed by atoms with van der Waals surface area (Å²) >= 11 is 0. The third kappa shape index (κ3) is 8.28. The van der Waals surface area contributed by atoms with Gasteiger partial charge in [-0.1, -0.05) is 36.4 Å². The maximum absolute atomic E-state index is 13.3. The second-order valence-electron chi connectivity index (χ2n) is 13.3. The van der Waals surface area contributed by atoms with Crippen LogP contribution in [0.25, 0.3) is 5.57 Å². The molecule has 13 nitrogen and oxygen atoms in total. The summed E-state index contributed by atoms with van der Waals surface area (Å²) in [4.78, 5) is 45.9. The number of rotatable bonds is 12. The third-order valence-corrected chi connectivity index (χ3v) is 9.78. The maximum atomic E-state index is 13.3. The minimum atomic E-state index is -0.824. The van der Waals surface area contributed by atoms with Gasteiger partial charge in [-0.25, -0.2) is 9.98 Å². The molecular weight excluding hydrogens is 632 g/mol. The first-order valence-electron chi connectivity index (χ1n) is 17.3. The van der Waals surface area contributed by atoms with Gasteiger partial charge in [0, 0.05) is 63.2 Å². The highest BCUT2D eigenvalue weighted by molar-refractivity contribution is 6.05. The van der Waals surface area contributed by atoms with E-state index in [1.807, 2.05) is 54.8 Å². The Balaban J connectivity index is 1.16. The number of aliphatic hydroxyl groups excluding tert-OH is 1. The molecule has 3 atom stereocenters. The van der Waals surface area contributed by atoms with E-state index in [0.29, 0.717) is 68.8 Å². The van der Waals surface area contributed by atoms with E-state index >= 15 is 0 Å². The first-order chi connectivity index (χ1) is 24.0. The fourth-order valence-electron chi connectivity index (χ4n) is 6.81. The van der Waals surface area contributed by atoms with Gasteiger partial charge in [-0.3, -0.25) is 19.5 Å². The highest BCUT2D eigenvalue weighted by Gasteiger charge is 2.34. The standard InChI is InChI=1S/C37H50N10O3/c1-5-46(31-12-11-30(38)35(43-31)34(39)28-10-13-32(48)47(21-28)24(2)3)37(50)29-14-17-44(20-29)22-33(49)45-18-15-26(16-19-45)25-6-8-27(9-7-25)36(40)42-23-41-4/h6-13,15,23-24,28-29,37,39,50H,5,14,16-22,38H2,1-4H3,(H2,40,41,42)/t28?,29-,37?/m1/s1. The molecule has 0 aliphatic carbocycles. The smallest absolute Gasteiger partial charge is 0.246 e. The second-order valence-corrected chi connectivity index (χ2v) is 13.3. The van der Waals surface area contributed by atoms with E-state index in [9.17, 15) is 14.7 Å². The zero-order valence-corrected chi connectivity index (χ0v) is 29.5. The van der Waals surface area contributed by atoms with Crippen molar-refractivity contribution >= 4 is 46.8 Å². The predicted octanol–water partition coefficient (Wildman–Crippen LogP) is 2.60. The number of amides is 2. The molecule has 0 bridgehead atoms. The van der Waals surface area contributed by atoms with E-state index in [-0.39, 0.29) is 35.4 Å². The monoisotopic (exact) mass is 682 g/mol. The van der Waals surface area contributed by atoms with Crippen molar-refractivity contribution in [3.05, 3.63) is 71.4 Å². The Morgan fingerprint density at radius 1 is 1.18 bits per heavy atom. The lowest BCUT2D eigenvalue weighted by atomic mass is 9.95. The van der Waals surface area contributed by atoms with Gasteiger partial charge in [0.15, 0.2) is 0 Å². The Labute approximate surface area is 294 Å². The zero-order chi connectivity index (χ0) is 35.9. The molecule has 5 rings (SSSR count). The fraction of sp³-hybridized carbons (Fsp3) is 0.459. The molecule has 0 radical (unpaired) electrons. The zero-order valence-electron chi connectivity index (χ0n) is 29.5. The van der Waals surface area contributed by atoms with Crippen LogP contribution in [0.15, 0.2) is 64.6 Å². The average molecular weight is 683 g/mol. The summed E-state index contributed by atoms with van der Waals surface area (Å²) in [5.74, 6) is 0.547. The van der Waals surface area contributed by atoms with E-state index < -0.39 is 6.23 Å². The maximum Gasteiger partial charge on any atom is 0.246 e. The molecule has 2 unspecified atom stereocenters. The van der Waals surface area contributed by atoms with E-state index in [0.717, 1.165) is 24.0 Å². The van der Waals surface area contributed by atoms with E-state index in [1.165, 1.54) is 18.0 Å². The molecule has 266 valence electrons. The lowest BCUT2D eigenvalue weighted by molar-refractivity contribution is -0.132. The highest BCUT2D eigenvalue weighted by Crippen LogP contribution is 2.29. The predicted molar refractivity (Wildman–Crippen MR) is 199 cm³/mol. The number of hydrogen-bond donors (Lipinski definition) is 4. The normalized spacial score (nSPS) is 20.9. The number of nitrogen functional groups attached to an aromatic ring is 1. The highest BCUT2D eigenvalue weighted by atomic mass is 16.3. The lowest BCUT2D eigenvalue weighted by Crippen LogP contribution is -2.44. The van der Waals surface area contributed by atoms with Gasteiger partial charge in [-0.05, 0) is 69.5 Å². The molecule has 50 heavy (non-hydrogen) atoms. The van der Waals surface area contributed by atoms with E-state index in [1.54, 1.807) is 30.2 Å². The van der Waals surface area contributed by atoms with Crippen LogP contribution in [-0.4, -0.2) is 120 Å². The third-order valence-electron chi connectivity index (χ3n) is 9.78. The van der Waals surface area contributed by atoms with Crippen LogP contribution in [0.3, 0.4) is 0 Å². The number of carbonyl (C=O) groups excluding carboxylic acids is 2. The Morgan fingerprint density at radius 3 is 2.60 bits per heavy atom. The van der Waals surface area contributed by atoms with Crippen LogP contribution in [0.5, 0.6) is 0 Å². The Morgan fingerprint density at radius 2 is 1.94 bits per heavy atom. The van der Waals surface area contributed by atoms with Gasteiger partial charge in [0.1, 0.15) is 29.9 Å². The number of amidine groups is 1. The largest absolute Gasteiger partial charge is 0.397 e. The van der Waals surface area contributed by atoms with Crippen LogP contribution in [0, 0.1) is 17.2 Å². The molecule has 13 heteroatoms. The number of nitrogens with zero attached hydrogens (tertiary/aromatic N) is 7. The van der Waals surface area contributed by atoms with Crippen LogP contribution in [0.2, 0.25) is 0 Å². The van der Waals surface area contributed by atoms with Crippen LogP contribution >= 0.6 is 0 Å². The summed E-state index contributed by atoms with van der Waals surface area (Å²) in [5, 5.41) is 20.5. The lowest BCUT2D eigenvalue weighted by Gasteiger charge is -2.33. The Bertz CT molecular complexity index is 1680. The van der Waals surface area contributed by atoms with Crippen molar-refractivity contribution < 1.29 is 14.7 Å². The molecule has 2 amide bonds. The first kappa shape index (κ1) is 36.4. The van der Waals surface area contributed by atoms with Crippen molar-refractivity contribution in [3.63, 3.8) is 0 Å². The van der Waals surface area contributed by atoms with E-state index in [2.05, 4.69) is 21.0 Å². The topological polar surface area (TPSA) is 181 Å². The quantitative estimate of drug-likeness (QED) is 0.150. The summed E-state index contributed by atoms with van der Waals surface area (Å²) < 4.78 is 0. The molecule has 1 aromatic heterocycles. The molecule has 1 fully saturated rings. The van der Waals surface area contributed by atoms with Gasteiger partial charge in [-0.2, -0.15) is 0 Å². The van der Waals surface area contributed by atoms with E-state index in [4.69, 9.17) is 21.9 Å². The van der Waals surface area contributed by atoms with Crippen LogP contribution < -0.4 is 16.4 Å². The van der Waals surface area contributed by atoms with Crippen molar-refractivity contribution in [2.24, 2.45) is 27.6 Å². The number of carbonyl (C=O) groups is 2. The number of anilines is 2. The average Bonchev–Trinajstić information content (AvgIpc) is 3.59. The van der Waals surface area contributed by atoms with Gasteiger partial charge in [-0.15, -0.1) is 0 Å². The molecule has 1 saturated heterocycles. The molecule has 4 heterocycles. The Hall–Kier alpha value is -4.88. The summed E-state index contributed by atoms with van der Waals surface area (Å²) in [6, 6.07) is 11.5. The number of aliphatic imine (C=N–C) groups is 2. The first-order valence-corrected chi connectivity index (χ1v) is 17.3. The number of nitrogens with one attached hydrogen (secondary N) is 1. The van der Waals surface area contributed by atoms with Crippen LogP contribution in [0.4, 0.5) is 11.5 Å². The molecule has 3 aliphatic rings. The van der Waals surface area contributed by atoms with Crippen molar-refractivity contribution in [3.8, 4) is 0 Å². The fourth-order valence-corrected chi connectivity index (χ4v) is 6.81. The summed E-state index contributed by atoms with van der Waals surface area (Å²) in [5.41, 5.74) is 16.4. The molecule has 6 N–H and O–H groups in total. The van der Waals surface area contributed by atoms with Crippen molar-refractivity contribution in [2.45, 2.75) is 45.9 Å². The van der Waals surface area contributed by atoms with Gasteiger partial charge in [0.05, 0.1) is 17.9 Å². The summed E-state index contributed by atoms with van der Waals surface area (Å²) in [6.45, 7) is 9.56. The van der Waals surface area contributed by atoms with Crippen LogP contribution in [-0.2, 0) is 9.59 Å². The molecule has 0 spiro atoms. The SMILES string of the molecule is CCN(c1ccc(N)c(C(=N)C2C=CC(=O)N(C(C)C)C2)n1)C(O)[C@@H]1CCN(CC(=O)N2CC=C(c3ccc(C(N)=NC=NC)cc3)CC2)C1. The minimum absolute atomic E-state index is 0.0127. The summed E-state index contributed by atoms with van der Waals surface area (Å²) in [6.07, 6.45) is 7.49. The number of pyridine rings is 1. The molecule has 2 aromatic rings. The number of hydrogen-bond acceptors (Lipinski definition) is 9. The van der Waals surface area contributed by atoms with Gasteiger partial charge in [0.25, 0.3) is 0 Å². The van der Waals surface area contributed by atoms with Crippen molar-refractivity contribution in [2.75, 3.05) is 63.5 Å². The van der Waals surface area contributed by atoms with Gasteiger partial charge >= 0.3 is 0 Å². The second kappa shape index (κ2) is 16.2. The number of likely N-dealkylation sites (tertiary alicyclic amines) is 1. The minimum Gasteiger partial charge on any atom is -0.397 e. The molecule has 3 aliphatic heterocycles. The molecule has 0 saturated carbocycles. The van der Waals surface area contributed by atoms with Crippen LogP contribution in [0.1, 0.15) is 50.4 Å². The number of benzene rings is 1. The number of nitrogens with two attached hydrogens (primary N) is 2. The van der Waals surface area contributed by atoms with Crippen molar-refractivity contribution in [1.82, 2.24) is 19.7 Å². The Kier molecular flexibility index (Phi) is 11.8. The number of aliphatic hydroxyl groups is 1. The number of aromatic nitrogens is 1.